The van der Waals surface area contributed by atoms with Crippen molar-refractivity contribution in [3.8, 4) is 0 Å². The molecule has 1 aromatic heterocycles. The van der Waals surface area contributed by atoms with Gasteiger partial charge < -0.3 is 19.5 Å². The van der Waals surface area contributed by atoms with Crippen molar-refractivity contribution >= 4 is 34.9 Å². The molecular weight excluding hydrogens is 559 g/mol. The summed E-state index contributed by atoms with van der Waals surface area (Å²) in [5.41, 5.74) is 6.52. The maximum atomic E-state index is 15.0. The molecule has 0 spiro atoms. The molecule has 0 bridgehead atoms. The van der Waals surface area contributed by atoms with Gasteiger partial charge in [0.1, 0.15) is 5.82 Å². The second kappa shape index (κ2) is 12.2. The Bertz CT molecular complexity index is 1790. The second-order valence-electron chi connectivity index (χ2n) is 10.9. The smallest absolute Gasteiger partial charge is 0.331 e. The van der Waals surface area contributed by atoms with Gasteiger partial charge in [0.2, 0.25) is 0 Å². The summed E-state index contributed by atoms with van der Waals surface area (Å²) in [6.07, 6.45) is 3.78. The highest BCUT2D eigenvalue weighted by Crippen LogP contribution is 2.37. The van der Waals surface area contributed by atoms with Crippen LogP contribution in [-0.2, 0) is 29.2 Å². The Morgan fingerprint density at radius 2 is 1.82 bits per heavy atom. The first-order valence-corrected chi connectivity index (χ1v) is 14.7. The summed E-state index contributed by atoms with van der Waals surface area (Å²) in [5.74, 6) is -1.14. The molecule has 4 aromatic rings. The molecule has 3 heterocycles. The van der Waals surface area contributed by atoms with Gasteiger partial charge in [0.25, 0.3) is 5.91 Å². The van der Waals surface area contributed by atoms with E-state index in [1.807, 2.05) is 66.6 Å². The zero-order valence-electron chi connectivity index (χ0n) is 24.7. The number of nitrogens with one attached hydrogen (secondary N) is 1. The number of carbonyl (C=O) groups is 3. The Kier molecular flexibility index (Phi) is 8.02. The van der Waals surface area contributed by atoms with Crippen LogP contribution in [0.1, 0.15) is 51.7 Å². The average molecular weight is 593 g/mol. The van der Waals surface area contributed by atoms with E-state index < -0.39 is 17.8 Å². The molecule has 0 radical (unpaired) electrons. The van der Waals surface area contributed by atoms with Crippen LogP contribution in [-0.4, -0.2) is 35.6 Å². The van der Waals surface area contributed by atoms with E-state index in [0.717, 1.165) is 28.1 Å². The zero-order chi connectivity index (χ0) is 30.8. The summed E-state index contributed by atoms with van der Waals surface area (Å²) in [6.45, 7) is 5.43. The predicted octanol–water partition coefficient (Wildman–Crippen LogP) is 6.21. The summed E-state index contributed by atoms with van der Waals surface area (Å²) < 4.78 is 22.2. The number of amides is 3. The largest absolute Gasteiger partial charge is 0.463 e. The number of hydrogen-bond acceptors (Lipinski definition) is 4. The molecule has 1 N–H and O–H groups in total. The number of benzene rings is 3. The number of carbonyl (C=O) groups excluding carboxylic acids is 3. The number of aromatic nitrogens is 1. The first-order chi connectivity index (χ1) is 21.3. The maximum Gasteiger partial charge on any atom is 0.331 e. The number of urea groups is 1. The highest BCUT2D eigenvalue weighted by Gasteiger charge is 2.29. The highest BCUT2D eigenvalue weighted by atomic mass is 19.1. The first-order valence-electron chi connectivity index (χ1n) is 14.7. The van der Waals surface area contributed by atoms with Gasteiger partial charge >= 0.3 is 12.0 Å². The normalized spacial score (nSPS) is 14.8. The number of esters is 1. The van der Waals surface area contributed by atoms with Crippen LogP contribution in [0.5, 0.6) is 0 Å². The summed E-state index contributed by atoms with van der Waals surface area (Å²) in [7, 11) is 0. The summed E-state index contributed by atoms with van der Waals surface area (Å²) >= 11 is 0. The fraction of sp³-hybridized carbons (Fsp3) is 0.229. The molecule has 6 rings (SSSR count). The number of halogens is 1. The molecule has 0 aliphatic carbocycles. The number of para-hydroxylation sites is 2. The van der Waals surface area contributed by atoms with Crippen LogP contribution in [0.25, 0.3) is 5.57 Å². The molecule has 0 atom stereocenters. The third-order valence-corrected chi connectivity index (χ3v) is 8.16. The van der Waals surface area contributed by atoms with Crippen molar-refractivity contribution in [2.24, 2.45) is 0 Å². The fourth-order valence-electron chi connectivity index (χ4n) is 5.92. The van der Waals surface area contributed by atoms with Crippen LogP contribution in [0.2, 0.25) is 0 Å². The van der Waals surface area contributed by atoms with Gasteiger partial charge in [-0.05, 0) is 78.9 Å². The van der Waals surface area contributed by atoms with Gasteiger partial charge in [0, 0.05) is 54.4 Å². The Morgan fingerprint density at radius 1 is 0.977 bits per heavy atom. The Balaban J connectivity index is 1.18. The minimum absolute atomic E-state index is 0.0992. The van der Waals surface area contributed by atoms with Crippen LogP contribution < -0.4 is 15.1 Å². The molecule has 2 aliphatic heterocycles. The highest BCUT2D eigenvalue weighted by molar-refractivity contribution is 6.06. The van der Waals surface area contributed by atoms with E-state index >= 15 is 4.39 Å². The molecule has 44 heavy (non-hydrogen) atoms. The van der Waals surface area contributed by atoms with Gasteiger partial charge in [-0.2, -0.15) is 0 Å². The Labute approximate surface area is 255 Å². The van der Waals surface area contributed by atoms with E-state index in [1.165, 1.54) is 17.0 Å². The minimum atomic E-state index is -0.548. The topological polar surface area (TPSA) is 83.9 Å². The molecule has 0 saturated carbocycles. The number of rotatable bonds is 5. The Morgan fingerprint density at radius 3 is 2.64 bits per heavy atom. The predicted molar refractivity (Wildman–Crippen MR) is 167 cm³/mol. The zero-order valence-corrected chi connectivity index (χ0v) is 24.7. The van der Waals surface area contributed by atoms with E-state index in [9.17, 15) is 14.4 Å². The molecule has 0 saturated heterocycles. The van der Waals surface area contributed by atoms with Crippen LogP contribution >= 0.6 is 0 Å². The lowest BCUT2D eigenvalue weighted by atomic mass is 9.95. The van der Waals surface area contributed by atoms with E-state index in [1.54, 1.807) is 25.1 Å². The molecule has 3 aromatic carbocycles. The van der Waals surface area contributed by atoms with Gasteiger partial charge in [-0.3, -0.25) is 9.69 Å². The van der Waals surface area contributed by atoms with Crippen molar-refractivity contribution in [2.75, 3.05) is 23.0 Å². The monoisotopic (exact) mass is 592 g/mol. The SMILES string of the molecule is CCOC(=O)C=C1CCN(C(=O)NCc2ccc(C(=O)N3Cc4cccn4Cc4ccccc43)cc2C)c2c(F)cccc21. The molecule has 224 valence electrons. The number of ether oxygens (including phenoxy) is 1. The lowest BCUT2D eigenvalue weighted by molar-refractivity contribution is -0.137. The molecule has 0 fully saturated rings. The number of aryl methyl sites for hydroxylation is 1. The Hall–Kier alpha value is -5.18. The molecular formula is C35H33FN4O4. The van der Waals surface area contributed by atoms with E-state index in [4.69, 9.17) is 4.74 Å². The second-order valence-corrected chi connectivity index (χ2v) is 10.9. The summed E-state index contributed by atoms with van der Waals surface area (Å²) in [6, 6.07) is 21.6. The fourth-order valence-corrected chi connectivity index (χ4v) is 5.92. The third kappa shape index (κ3) is 5.60. The van der Waals surface area contributed by atoms with E-state index in [0.29, 0.717) is 36.2 Å². The first kappa shape index (κ1) is 28.9. The van der Waals surface area contributed by atoms with Crippen LogP contribution in [0.15, 0.2) is 85.1 Å². The van der Waals surface area contributed by atoms with Crippen molar-refractivity contribution in [1.29, 1.82) is 0 Å². The van der Waals surface area contributed by atoms with Crippen LogP contribution in [0, 0.1) is 12.7 Å². The van der Waals surface area contributed by atoms with Gasteiger partial charge in [-0.25, -0.2) is 14.0 Å². The lowest BCUT2D eigenvalue weighted by Crippen LogP contribution is -2.43. The van der Waals surface area contributed by atoms with Gasteiger partial charge in [-0.15, -0.1) is 0 Å². The van der Waals surface area contributed by atoms with Gasteiger partial charge in [0.05, 0.1) is 18.8 Å². The van der Waals surface area contributed by atoms with Gasteiger partial charge in [0.15, 0.2) is 0 Å². The van der Waals surface area contributed by atoms with Gasteiger partial charge in [-0.1, -0.05) is 36.4 Å². The third-order valence-electron chi connectivity index (χ3n) is 8.16. The molecule has 2 aliphatic rings. The molecule has 3 amide bonds. The molecule has 9 heteroatoms. The van der Waals surface area contributed by atoms with Crippen LogP contribution in [0.3, 0.4) is 0 Å². The lowest BCUT2D eigenvalue weighted by Gasteiger charge is -2.31. The summed E-state index contributed by atoms with van der Waals surface area (Å²) in [5, 5.41) is 2.91. The number of anilines is 2. The van der Waals surface area contributed by atoms with Crippen molar-refractivity contribution in [3.63, 3.8) is 0 Å². The van der Waals surface area contributed by atoms with Crippen molar-refractivity contribution in [2.45, 2.75) is 39.9 Å². The van der Waals surface area contributed by atoms with E-state index in [-0.39, 0.29) is 31.3 Å². The number of fused-ring (bicyclic) bond motifs is 3. The standard InChI is InChI=1S/C35H33FN4O4/c1-3-44-32(41)19-24-15-17-39(33-29(24)10-6-11-30(33)36)35(43)37-20-26-14-13-25(18-23(26)2)34(42)40-22-28-9-7-16-38(28)21-27-8-4-5-12-31(27)40/h4-14,16,18-19H,3,15,17,20-22H2,1-2H3,(H,37,43). The average Bonchev–Trinajstić information content (AvgIpc) is 3.39. The summed E-state index contributed by atoms with van der Waals surface area (Å²) in [4.78, 5) is 42.4. The van der Waals surface area contributed by atoms with Crippen molar-refractivity contribution in [3.05, 3.63) is 124 Å². The van der Waals surface area contributed by atoms with E-state index in [2.05, 4.69) is 9.88 Å². The maximum absolute atomic E-state index is 15.0. The van der Waals surface area contributed by atoms with Crippen molar-refractivity contribution < 1.29 is 23.5 Å². The van der Waals surface area contributed by atoms with Crippen molar-refractivity contribution in [1.82, 2.24) is 9.88 Å². The minimum Gasteiger partial charge on any atom is -0.463 e. The molecule has 0 unspecified atom stereocenters. The van der Waals surface area contributed by atoms with Crippen LogP contribution in [0.4, 0.5) is 20.6 Å². The number of hydrogen-bond donors (Lipinski definition) is 1. The quantitative estimate of drug-likeness (QED) is 0.221. The molecule has 8 nitrogen and oxygen atoms in total. The number of nitrogens with zero attached hydrogens (tertiary/aromatic N) is 3.